The van der Waals surface area contributed by atoms with Gasteiger partial charge >= 0.3 is 0 Å². The van der Waals surface area contributed by atoms with Gasteiger partial charge in [-0.05, 0) is 48.3 Å². The minimum Gasteiger partial charge on any atom is -0.267 e. The average Bonchev–Trinajstić information content (AvgIpc) is 2.68. The summed E-state index contributed by atoms with van der Waals surface area (Å²) >= 11 is 1.43. The van der Waals surface area contributed by atoms with Crippen molar-refractivity contribution in [2.45, 2.75) is 6.92 Å². The van der Waals surface area contributed by atoms with E-state index in [-0.39, 0.29) is 5.56 Å². The van der Waals surface area contributed by atoms with Crippen molar-refractivity contribution in [2.75, 3.05) is 0 Å². The number of fused-ring (bicyclic) bond motifs is 1. The van der Waals surface area contributed by atoms with Crippen LogP contribution in [0.25, 0.3) is 15.9 Å². The lowest BCUT2D eigenvalue weighted by atomic mass is 10.3. The topological polar surface area (TPSA) is 34.9 Å². The van der Waals surface area contributed by atoms with Crippen molar-refractivity contribution < 1.29 is 0 Å². The minimum atomic E-state index is 0.00343. The van der Waals surface area contributed by atoms with E-state index in [0.29, 0.717) is 5.82 Å². The molecular weight excluding hydrogens is 232 g/mol. The Morgan fingerprint density at radius 2 is 2.06 bits per heavy atom. The third-order valence-electron chi connectivity index (χ3n) is 2.60. The van der Waals surface area contributed by atoms with Gasteiger partial charge in [-0.25, -0.2) is 8.94 Å². The number of benzene rings is 1. The second kappa shape index (κ2) is 3.82. The van der Waals surface area contributed by atoms with Gasteiger partial charge in [-0.15, -0.1) is 0 Å². The number of rotatable bonds is 1. The summed E-state index contributed by atoms with van der Waals surface area (Å²) in [6.45, 7) is 1.99. The molecule has 3 aromatic rings. The van der Waals surface area contributed by atoms with Crippen LogP contribution in [-0.4, -0.2) is 8.94 Å². The summed E-state index contributed by atoms with van der Waals surface area (Å²) in [5, 5.41) is 0.751. The number of nitrogens with zero attached hydrogens (tertiary/aromatic N) is 2. The highest BCUT2D eigenvalue weighted by Gasteiger charge is 2.08. The second-order valence-corrected chi connectivity index (χ2v) is 4.87. The summed E-state index contributed by atoms with van der Waals surface area (Å²) in [6.07, 6.45) is 1.72. The fraction of sp³-hybridized carbons (Fsp3) is 0.0769. The Morgan fingerprint density at radius 1 is 1.24 bits per heavy atom. The largest absolute Gasteiger partial charge is 0.274 e. The van der Waals surface area contributed by atoms with Crippen molar-refractivity contribution in [3.05, 3.63) is 58.5 Å². The van der Waals surface area contributed by atoms with Gasteiger partial charge in [0, 0.05) is 6.20 Å². The quantitative estimate of drug-likeness (QED) is 0.657. The molecule has 0 fully saturated rings. The SMILES string of the molecule is Cc1ccnc(-n2sc3ccccc3c2=O)c1. The maximum Gasteiger partial charge on any atom is 0.274 e. The molecule has 2 heterocycles. The van der Waals surface area contributed by atoms with E-state index in [4.69, 9.17) is 0 Å². The molecule has 4 heteroatoms. The lowest BCUT2D eigenvalue weighted by Crippen LogP contribution is -2.11. The van der Waals surface area contributed by atoms with E-state index in [9.17, 15) is 4.79 Å². The molecule has 0 N–H and O–H groups in total. The van der Waals surface area contributed by atoms with Crippen molar-refractivity contribution in [1.29, 1.82) is 0 Å². The van der Waals surface area contributed by atoms with E-state index >= 15 is 0 Å². The molecule has 3 nitrogen and oxygen atoms in total. The first-order valence-electron chi connectivity index (χ1n) is 5.30. The molecule has 0 aliphatic heterocycles. The van der Waals surface area contributed by atoms with Gasteiger partial charge in [0.15, 0.2) is 0 Å². The van der Waals surface area contributed by atoms with Crippen LogP contribution in [0.4, 0.5) is 0 Å². The molecule has 0 bridgehead atoms. The van der Waals surface area contributed by atoms with Gasteiger partial charge in [0.1, 0.15) is 5.82 Å². The first-order chi connectivity index (χ1) is 8.25. The van der Waals surface area contributed by atoms with E-state index in [1.807, 2.05) is 43.3 Å². The highest BCUT2D eigenvalue weighted by molar-refractivity contribution is 7.14. The molecule has 0 atom stereocenters. The van der Waals surface area contributed by atoms with Gasteiger partial charge in [0.05, 0.1) is 10.1 Å². The van der Waals surface area contributed by atoms with Crippen molar-refractivity contribution >= 4 is 21.6 Å². The zero-order chi connectivity index (χ0) is 11.8. The molecule has 2 aromatic heterocycles. The maximum absolute atomic E-state index is 12.2. The van der Waals surface area contributed by atoms with Crippen molar-refractivity contribution in [3.8, 4) is 5.82 Å². The summed E-state index contributed by atoms with van der Waals surface area (Å²) < 4.78 is 2.62. The third kappa shape index (κ3) is 1.66. The van der Waals surface area contributed by atoms with E-state index in [2.05, 4.69) is 4.98 Å². The van der Waals surface area contributed by atoms with Crippen LogP contribution in [0.5, 0.6) is 0 Å². The monoisotopic (exact) mass is 242 g/mol. The van der Waals surface area contributed by atoms with Gasteiger partial charge in [-0.3, -0.25) is 4.79 Å². The van der Waals surface area contributed by atoms with Crippen LogP contribution >= 0.6 is 11.5 Å². The predicted octanol–water partition coefficient (Wildman–Crippen LogP) is 2.76. The summed E-state index contributed by atoms with van der Waals surface area (Å²) in [4.78, 5) is 16.4. The van der Waals surface area contributed by atoms with Crippen LogP contribution in [0.2, 0.25) is 0 Å². The summed E-state index contributed by atoms with van der Waals surface area (Å²) in [7, 11) is 0. The average molecular weight is 242 g/mol. The van der Waals surface area contributed by atoms with Crippen LogP contribution in [0.3, 0.4) is 0 Å². The molecule has 0 saturated heterocycles. The molecule has 3 rings (SSSR count). The van der Waals surface area contributed by atoms with Crippen LogP contribution < -0.4 is 5.56 Å². The Hall–Kier alpha value is -1.94. The second-order valence-electron chi connectivity index (χ2n) is 3.88. The standard InChI is InChI=1S/C13H10N2OS/c1-9-6-7-14-12(8-9)15-13(16)10-4-2-3-5-11(10)17-15/h2-8H,1H3. The van der Waals surface area contributed by atoms with Gasteiger partial charge < -0.3 is 0 Å². The zero-order valence-electron chi connectivity index (χ0n) is 9.25. The Bertz CT molecular complexity index is 742. The first kappa shape index (κ1) is 10.2. The van der Waals surface area contributed by atoms with E-state index in [0.717, 1.165) is 15.6 Å². The van der Waals surface area contributed by atoms with Crippen LogP contribution in [-0.2, 0) is 0 Å². The van der Waals surface area contributed by atoms with Crippen molar-refractivity contribution in [3.63, 3.8) is 0 Å². The third-order valence-corrected chi connectivity index (χ3v) is 3.69. The van der Waals surface area contributed by atoms with Crippen LogP contribution in [0.15, 0.2) is 47.4 Å². The normalized spacial score (nSPS) is 10.9. The van der Waals surface area contributed by atoms with E-state index < -0.39 is 0 Å². The Kier molecular flexibility index (Phi) is 2.30. The molecule has 0 aliphatic rings. The Balaban J connectivity index is 2.31. The number of hydrogen-bond acceptors (Lipinski definition) is 3. The summed E-state index contributed by atoms with van der Waals surface area (Å²) in [5.74, 6) is 0.691. The molecule has 0 spiro atoms. The van der Waals surface area contributed by atoms with Crippen LogP contribution in [0.1, 0.15) is 5.56 Å². The van der Waals surface area contributed by atoms with Gasteiger partial charge in [0.2, 0.25) is 0 Å². The maximum atomic E-state index is 12.2. The summed E-state index contributed by atoms with van der Waals surface area (Å²) in [5.41, 5.74) is 1.10. The Labute approximate surface area is 102 Å². The molecule has 0 radical (unpaired) electrons. The van der Waals surface area contributed by atoms with Crippen LogP contribution in [0, 0.1) is 6.92 Å². The molecule has 17 heavy (non-hydrogen) atoms. The van der Waals surface area contributed by atoms with Crippen molar-refractivity contribution in [1.82, 2.24) is 8.94 Å². The van der Waals surface area contributed by atoms with Crippen molar-refractivity contribution in [2.24, 2.45) is 0 Å². The number of aryl methyl sites for hydroxylation is 1. The smallest absolute Gasteiger partial charge is 0.267 e. The lowest BCUT2D eigenvalue weighted by molar-refractivity contribution is 1.05. The van der Waals surface area contributed by atoms with Gasteiger partial charge in [-0.2, -0.15) is 0 Å². The molecule has 0 unspecified atom stereocenters. The highest BCUT2D eigenvalue weighted by Crippen LogP contribution is 2.18. The van der Waals surface area contributed by atoms with E-state index in [1.54, 1.807) is 10.2 Å². The molecule has 0 saturated carbocycles. The first-order valence-corrected chi connectivity index (χ1v) is 6.07. The highest BCUT2D eigenvalue weighted by atomic mass is 32.1. The summed E-state index contributed by atoms with van der Waals surface area (Å²) in [6, 6.07) is 11.4. The number of aromatic nitrogens is 2. The van der Waals surface area contributed by atoms with Gasteiger partial charge in [-0.1, -0.05) is 12.1 Å². The molecule has 84 valence electrons. The number of pyridine rings is 1. The van der Waals surface area contributed by atoms with E-state index in [1.165, 1.54) is 11.5 Å². The molecule has 1 aromatic carbocycles. The predicted molar refractivity (Wildman–Crippen MR) is 70.0 cm³/mol. The molecule has 0 aliphatic carbocycles. The molecule has 0 amide bonds. The zero-order valence-corrected chi connectivity index (χ0v) is 10.1. The fourth-order valence-corrected chi connectivity index (χ4v) is 2.72. The minimum absolute atomic E-state index is 0.00343. The Morgan fingerprint density at radius 3 is 2.82 bits per heavy atom. The number of hydrogen-bond donors (Lipinski definition) is 0. The lowest BCUT2D eigenvalue weighted by Gasteiger charge is -1.99. The van der Waals surface area contributed by atoms with Gasteiger partial charge in [0.25, 0.3) is 5.56 Å². The fourth-order valence-electron chi connectivity index (χ4n) is 1.75. The molecular formula is C13H10N2OS.